The van der Waals surface area contributed by atoms with Crippen LogP contribution in [0.5, 0.6) is 0 Å². The van der Waals surface area contributed by atoms with Crippen LogP contribution in [0.1, 0.15) is 19.6 Å². The van der Waals surface area contributed by atoms with E-state index in [1.165, 1.54) is 25.0 Å². The van der Waals surface area contributed by atoms with Gasteiger partial charge in [-0.05, 0) is 6.42 Å². The van der Waals surface area contributed by atoms with E-state index < -0.39 is 37.1 Å². The number of esters is 1. The Morgan fingerprint density at radius 2 is 2.22 bits per heavy atom. The summed E-state index contributed by atoms with van der Waals surface area (Å²) in [4.78, 5) is 24.1. The van der Waals surface area contributed by atoms with Crippen molar-refractivity contribution in [1.82, 2.24) is 19.5 Å². The molecule has 0 unspecified atom stereocenters. The average molecular weight is 399 g/mol. The fraction of sp³-hybridized carbons (Fsp3) is 0.600. The highest BCUT2D eigenvalue weighted by atomic mass is 32.2. The number of thioether (sulfide) groups is 1. The van der Waals surface area contributed by atoms with Gasteiger partial charge in [-0.15, -0.1) is 0 Å². The number of carbonyl (C=O) groups excluding carboxylic acids is 1. The third-order valence-electron chi connectivity index (χ3n) is 4.06. The molecule has 1 aliphatic heterocycles. The molecule has 11 nitrogen and oxygen atoms in total. The Bertz CT molecular complexity index is 817. The first-order chi connectivity index (χ1) is 13.0. The molecule has 0 saturated carbocycles. The van der Waals surface area contributed by atoms with Crippen LogP contribution in [-0.2, 0) is 14.3 Å². The van der Waals surface area contributed by atoms with Crippen LogP contribution < -0.4 is 5.73 Å². The molecule has 27 heavy (non-hydrogen) atoms. The number of hydrogen-bond donors (Lipinski definition) is 4. The normalized spacial score (nSPS) is 25.2. The largest absolute Gasteiger partial charge is 0.455 e. The lowest BCUT2D eigenvalue weighted by Crippen LogP contribution is -2.36. The van der Waals surface area contributed by atoms with Gasteiger partial charge in [-0.2, -0.15) is 0 Å². The zero-order valence-electron chi connectivity index (χ0n) is 14.6. The number of aliphatic hydroxyl groups excluding tert-OH is 3. The first-order valence-electron chi connectivity index (χ1n) is 8.31. The van der Waals surface area contributed by atoms with Crippen molar-refractivity contribution in [2.45, 2.75) is 43.0 Å². The molecule has 0 aliphatic carbocycles. The minimum Gasteiger partial charge on any atom is -0.455 e. The summed E-state index contributed by atoms with van der Waals surface area (Å²) in [6.45, 7) is 0.793. The Hall–Kier alpha value is -1.99. The summed E-state index contributed by atoms with van der Waals surface area (Å²) in [7, 11) is 0. The smallest absolute Gasteiger partial charge is 0.303 e. The molecule has 2 aromatic heterocycles. The first-order valence-corrected chi connectivity index (χ1v) is 9.30. The van der Waals surface area contributed by atoms with E-state index in [2.05, 4.69) is 15.0 Å². The number of ether oxygens (including phenoxy) is 2. The third kappa shape index (κ3) is 3.84. The molecule has 0 aromatic carbocycles. The summed E-state index contributed by atoms with van der Waals surface area (Å²) in [5, 5.41) is 29.4. The standard InChI is InChI=1S/C15H21N5O6S/c1-7(23)25-11-10(24)8(5-22)26-14(11)20-13-9(12(16)17-6-18-13)19-15(20)27-4-2-3-21/h6,8,10-11,14,21-22,24H,2-5H2,1H3,(H2,16,17,18)/t8-,10-,11-,14-/m1/s1. The van der Waals surface area contributed by atoms with Gasteiger partial charge >= 0.3 is 5.97 Å². The average Bonchev–Trinajstić information content (AvgIpc) is 3.14. The van der Waals surface area contributed by atoms with Crippen molar-refractivity contribution in [2.24, 2.45) is 0 Å². The predicted molar refractivity (Wildman–Crippen MR) is 94.7 cm³/mol. The highest BCUT2D eigenvalue weighted by molar-refractivity contribution is 7.99. The fourth-order valence-electron chi connectivity index (χ4n) is 2.86. The zero-order valence-corrected chi connectivity index (χ0v) is 15.4. The number of hydrogen-bond acceptors (Lipinski definition) is 11. The summed E-state index contributed by atoms with van der Waals surface area (Å²) >= 11 is 1.33. The highest BCUT2D eigenvalue weighted by Crippen LogP contribution is 2.37. The second-order valence-corrected chi connectivity index (χ2v) is 7.00. The maximum atomic E-state index is 11.5. The van der Waals surface area contributed by atoms with E-state index >= 15 is 0 Å². The topological polar surface area (TPSA) is 166 Å². The molecule has 4 atom stereocenters. The lowest BCUT2D eigenvalue weighted by molar-refractivity contribution is -0.156. The summed E-state index contributed by atoms with van der Waals surface area (Å²) in [6.07, 6.45) is -2.38. The maximum Gasteiger partial charge on any atom is 0.303 e. The molecule has 2 aromatic rings. The molecule has 148 valence electrons. The first kappa shape index (κ1) is 19.8. The predicted octanol–water partition coefficient (Wildman–Crippen LogP) is -0.935. The summed E-state index contributed by atoms with van der Waals surface area (Å²) in [5.74, 6) is 0.132. The van der Waals surface area contributed by atoms with Crippen molar-refractivity contribution < 1.29 is 29.6 Å². The second kappa shape index (κ2) is 8.35. The molecule has 0 amide bonds. The van der Waals surface area contributed by atoms with Gasteiger partial charge in [0.15, 0.2) is 34.5 Å². The summed E-state index contributed by atoms with van der Waals surface area (Å²) in [6, 6.07) is 0. The van der Waals surface area contributed by atoms with E-state index in [0.29, 0.717) is 28.5 Å². The molecular weight excluding hydrogens is 378 g/mol. The van der Waals surface area contributed by atoms with Gasteiger partial charge in [-0.25, -0.2) is 15.0 Å². The van der Waals surface area contributed by atoms with E-state index in [-0.39, 0.29) is 12.4 Å². The Morgan fingerprint density at radius 1 is 1.44 bits per heavy atom. The Labute approximate surface area is 158 Å². The highest BCUT2D eigenvalue weighted by Gasteiger charge is 2.48. The number of imidazole rings is 1. The van der Waals surface area contributed by atoms with Crippen LogP contribution in [0.2, 0.25) is 0 Å². The van der Waals surface area contributed by atoms with E-state index in [1.54, 1.807) is 4.57 Å². The molecule has 1 aliphatic rings. The van der Waals surface area contributed by atoms with E-state index in [1.807, 2.05) is 0 Å². The number of nitrogen functional groups attached to an aromatic ring is 1. The Balaban J connectivity index is 2.07. The number of rotatable bonds is 7. The van der Waals surface area contributed by atoms with Crippen LogP contribution in [0.15, 0.2) is 11.5 Å². The van der Waals surface area contributed by atoms with Crippen LogP contribution in [0.3, 0.4) is 0 Å². The monoisotopic (exact) mass is 399 g/mol. The quantitative estimate of drug-likeness (QED) is 0.258. The van der Waals surface area contributed by atoms with Crippen LogP contribution in [0.25, 0.3) is 11.2 Å². The van der Waals surface area contributed by atoms with Gasteiger partial charge in [0.25, 0.3) is 0 Å². The SMILES string of the molecule is CC(=O)O[C@@H]1[C@H](O)[C@@H](CO)O[C@H]1n1c(SCCCO)nc2c(N)ncnc21. The van der Waals surface area contributed by atoms with Gasteiger partial charge in [-0.3, -0.25) is 9.36 Å². The van der Waals surface area contributed by atoms with Gasteiger partial charge in [0.2, 0.25) is 0 Å². The number of nitrogens with zero attached hydrogens (tertiary/aromatic N) is 4. The molecule has 12 heteroatoms. The summed E-state index contributed by atoms with van der Waals surface area (Å²) < 4.78 is 12.6. The van der Waals surface area contributed by atoms with Crippen LogP contribution in [0.4, 0.5) is 5.82 Å². The van der Waals surface area contributed by atoms with Gasteiger partial charge in [0, 0.05) is 19.3 Å². The van der Waals surface area contributed by atoms with Crippen molar-refractivity contribution in [1.29, 1.82) is 0 Å². The van der Waals surface area contributed by atoms with Crippen molar-refractivity contribution in [3.8, 4) is 0 Å². The summed E-state index contributed by atoms with van der Waals surface area (Å²) in [5.41, 5.74) is 6.59. The molecule has 3 rings (SSSR count). The molecule has 5 N–H and O–H groups in total. The lowest BCUT2D eigenvalue weighted by atomic mass is 10.1. The van der Waals surface area contributed by atoms with E-state index in [9.17, 15) is 15.0 Å². The van der Waals surface area contributed by atoms with Gasteiger partial charge in [-0.1, -0.05) is 11.8 Å². The molecule has 0 radical (unpaired) electrons. The number of nitrogens with two attached hydrogens (primary N) is 1. The molecular formula is C15H21N5O6S. The van der Waals surface area contributed by atoms with Crippen LogP contribution in [-0.4, -0.2) is 78.1 Å². The number of anilines is 1. The Morgan fingerprint density at radius 3 is 2.89 bits per heavy atom. The Kier molecular flexibility index (Phi) is 6.11. The van der Waals surface area contributed by atoms with Gasteiger partial charge < -0.3 is 30.5 Å². The minimum absolute atomic E-state index is 0.0243. The zero-order chi connectivity index (χ0) is 19.6. The molecule has 0 spiro atoms. The number of aliphatic hydroxyl groups is 3. The van der Waals surface area contributed by atoms with Crippen molar-refractivity contribution in [3.05, 3.63) is 6.33 Å². The minimum atomic E-state index is -1.23. The lowest BCUT2D eigenvalue weighted by Gasteiger charge is -2.22. The number of carbonyl (C=O) groups is 1. The number of fused-ring (bicyclic) bond motifs is 1. The molecule has 1 fully saturated rings. The maximum absolute atomic E-state index is 11.5. The van der Waals surface area contributed by atoms with Crippen molar-refractivity contribution >= 4 is 34.7 Å². The van der Waals surface area contributed by atoms with Gasteiger partial charge in [0.1, 0.15) is 18.5 Å². The van der Waals surface area contributed by atoms with E-state index in [0.717, 1.165) is 0 Å². The molecule has 1 saturated heterocycles. The molecule has 0 bridgehead atoms. The van der Waals surface area contributed by atoms with Crippen molar-refractivity contribution in [3.63, 3.8) is 0 Å². The molecule has 3 heterocycles. The third-order valence-corrected chi connectivity index (χ3v) is 5.09. The second-order valence-electron chi connectivity index (χ2n) is 5.93. The number of aromatic nitrogens is 4. The van der Waals surface area contributed by atoms with Crippen LogP contribution in [0, 0.1) is 0 Å². The fourth-order valence-corrected chi connectivity index (χ4v) is 3.80. The van der Waals surface area contributed by atoms with Gasteiger partial charge in [0.05, 0.1) is 6.61 Å². The van der Waals surface area contributed by atoms with Crippen molar-refractivity contribution in [2.75, 3.05) is 24.7 Å². The van der Waals surface area contributed by atoms with Crippen LogP contribution >= 0.6 is 11.8 Å². The van der Waals surface area contributed by atoms with E-state index in [4.69, 9.17) is 20.3 Å².